The number of terminal acetylenes is 1. The van der Waals surface area contributed by atoms with Crippen molar-refractivity contribution in [2.75, 3.05) is 31.6 Å². The molecule has 8 heteroatoms. The number of fused-ring (bicyclic) bond motifs is 4. The van der Waals surface area contributed by atoms with Gasteiger partial charge in [0, 0.05) is 66.7 Å². The summed E-state index contributed by atoms with van der Waals surface area (Å²) < 4.78 is 3.48. The lowest BCUT2D eigenvalue weighted by molar-refractivity contribution is -0.114. The number of benzene rings is 2. The highest BCUT2D eigenvalue weighted by Crippen LogP contribution is 2.33. The zero-order valence-corrected chi connectivity index (χ0v) is 22.4. The molecule has 0 unspecified atom stereocenters. The third-order valence-electron chi connectivity index (χ3n) is 7.28. The Hall–Kier alpha value is -5.00. The van der Waals surface area contributed by atoms with Crippen LogP contribution >= 0.6 is 0 Å². The van der Waals surface area contributed by atoms with Crippen LogP contribution in [0.1, 0.15) is 5.56 Å². The molecule has 1 amide bonds. The zero-order valence-electron chi connectivity index (χ0n) is 22.4. The average Bonchev–Trinajstić information content (AvgIpc) is 3.58. The molecule has 0 spiro atoms. The van der Waals surface area contributed by atoms with E-state index in [-0.39, 0.29) is 11.5 Å². The van der Waals surface area contributed by atoms with E-state index in [0.717, 1.165) is 50.6 Å². The van der Waals surface area contributed by atoms with Gasteiger partial charge in [0.15, 0.2) is 0 Å². The number of hydrogen-bond acceptors (Lipinski definition) is 5. The van der Waals surface area contributed by atoms with Crippen LogP contribution in [0.5, 0.6) is 0 Å². The number of amides is 1. The van der Waals surface area contributed by atoms with E-state index in [1.807, 2.05) is 73.9 Å². The highest BCUT2D eigenvalue weighted by atomic mass is 16.2. The van der Waals surface area contributed by atoms with Crippen LogP contribution in [0, 0.1) is 12.3 Å². The van der Waals surface area contributed by atoms with Gasteiger partial charge in [-0.3, -0.25) is 28.7 Å². The molecule has 0 bridgehead atoms. The van der Waals surface area contributed by atoms with Crippen molar-refractivity contribution < 1.29 is 4.79 Å². The van der Waals surface area contributed by atoms with Gasteiger partial charge >= 0.3 is 0 Å². The molecule has 0 aliphatic carbocycles. The number of anilines is 1. The Labute approximate surface area is 231 Å². The van der Waals surface area contributed by atoms with Crippen LogP contribution in [0.4, 0.5) is 5.69 Å². The van der Waals surface area contributed by atoms with Crippen molar-refractivity contribution in [1.29, 1.82) is 0 Å². The molecule has 0 N–H and O–H groups in total. The number of carbonyl (C=O) groups is 1. The predicted molar refractivity (Wildman–Crippen MR) is 159 cm³/mol. The molecule has 8 nitrogen and oxygen atoms in total. The van der Waals surface area contributed by atoms with E-state index in [4.69, 9.17) is 6.42 Å². The van der Waals surface area contributed by atoms with Gasteiger partial charge in [0.1, 0.15) is 0 Å². The first-order valence-corrected chi connectivity index (χ1v) is 13.1. The normalized spacial score (nSPS) is 13.0. The minimum atomic E-state index is -0.154. The maximum Gasteiger partial charge on any atom is 0.255 e. The summed E-state index contributed by atoms with van der Waals surface area (Å²) in [5.41, 5.74) is 5.98. The van der Waals surface area contributed by atoms with Gasteiger partial charge in [0.05, 0.1) is 29.5 Å². The SMILES string of the molecule is C#CCN(C)CC=CC(=O)N1CCc2ccc(-n3c(=O)ccc4cnc5ccc(-c6cnn(C)c6)cc5c43)cc21. The number of carbonyl (C=O) groups excluding carboxylic acids is 1. The highest BCUT2D eigenvalue weighted by Gasteiger charge is 2.24. The molecule has 5 aromatic rings. The number of rotatable bonds is 6. The van der Waals surface area contributed by atoms with E-state index >= 15 is 0 Å². The molecule has 0 radical (unpaired) electrons. The molecule has 6 rings (SSSR count). The number of nitrogens with zero attached hydrogens (tertiary/aromatic N) is 6. The fourth-order valence-corrected chi connectivity index (χ4v) is 5.30. The Morgan fingerprint density at radius 3 is 2.80 bits per heavy atom. The van der Waals surface area contributed by atoms with Crippen molar-refractivity contribution in [2.45, 2.75) is 6.42 Å². The number of likely N-dealkylation sites (N-methyl/N-ethyl adjacent to an activating group) is 1. The zero-order chi connectivity index (χ0) is 27.8. The molecule has 0 saturated heterocycles. The van der Waals surface area contributed by atoms with Gasteiger partial charge in [0.2, 0.25) is 0 Å². The molecule has 40 heavy (non-hydrogen) atoms. The van der Waals surface area contributed by atoms with Gasteiger partial charge in [-0.25, -0.2) is 0 Å². The molecule has 0 fully saturated rings. The first kappa shape index (κ1) is 25.3. The topological polar surface area (TPSA) is 76.3 Å². The Kier molecular flexibility index (Phi) is 6.50. The third kappa shape index (κ3) is 4.57. The first-order valence-electron chi connectivity index (χ1n) is 13.1. The first-order chi connectivity index (χ1) is 19.4. The minimum Gasteiger partial charge on any atom is -0.308 e. The Morgan fingerprint density at radius 1 is 1.12 bits per heavy atom. The van der Waals surface area contributed by atoms with Crippen molar-refractivity contribution in [3.05, 3.63) is 95.2 Å². The summed E-state index contributed by atoms with van der Waals surface area (Å²) in [7, 11) is 3.79. The summed E-state index contributed by atoms with van der Waals surface area (Å²) in [4.78, 5) is 34.9. The lowest BCUT2D eigenvalue weighted by Gasteiger charge is -2.18. The Balaban J connectivity index is 1.45. The lowest BCUT2D eigenvalue weighted by Crippen LogP contribution is -2.27. The van der Waals surface area contributed by atoms with Crippen LogP contribution < -0.4 is 10.5 Å². The van der Waals surface area contributed by atoms with Crippen molar-refractivity contribution in [3.8, 4) is 29.2 Å². The summed E-state index contributed by atoms with van der Waals surface area (Å²) >= 11 is 0. The van der Waals surface area contributed by atoms with E-state index in [1.165, 1.54) is 0 Å². The van der Waals surface area contributed by atoms with E-state index in [9.17, 15) is 9.59 Å². The molecule has 1 aliphatic heterocycles. The van der Waals surface area contributed by atoms with Crippen LogP contribution in [0.15, 0.2) is 84.1 Å². The summed E-state index contributed by atoms with van der Waals surface area (Å²) in [5, 5.41) is 6.02. The van der Waals surface area contributed by atoms with Crippen molar-refractivity contribution >= 4 is 33.4 Å². The van der Waals surface area contributed by atoms with Gasteiger partial charge in [-0.1, -0.05) is 24.1 Å². The Morgan fingerprint density at radius 2 is 2.00 bits per heavy atom. The average molecular weight is 529 g/mol. The number of pyridine rings is 2. The number of aromatic nitrogens is 4. The van der Waals surface area contributed by atoms with Crippen molar-refractivity contribution in [2.24, 2.45) is 7.05 Å². The molecule has 3 aromatic heterocycles. The fraction of sp³-hybridized carbons (Fsp3) is 0.188. The monoisotopic (exact) mass is 528 g/mol. The standard InChI is InChI=1S/C32H28N6O2/c1-4-14-35(2)15-5-6-30(39)37-16-13-22-7-10-26(18-29(22)37)38-31(40)12-9-24-19-33-28-11-8-23(17-27(28)32(24)38)25-20-34-36(3)21-25/h1,5-12,17-21H,13-16H2,2-3H3. The second-order valence-corrected chi connectivity index (χ2v) is 10.1. The highest BCUT2D eigenvalue weighted by molar-refractivity contribution is 6.06. The molecule has 198 valence electrons. The maximum atomic E-state index is 13.4. The maximum absolute atomic E-state index is 13.4. The molecule has 4 heterocycles. The number of hydrogen-bond donors (Lipinski definition) is 0. The molecular weight excluding hydrogens is 500 g/mol. The third-order valence-corrected chi connectivity index (χ3v) is 7.28. The van der Waals surface area contributed by atoms with Gasteiger partial charge in [-0.15, -0.1) is 6.42 Å². The summed E-state index contributed by atoms with van der Waals surface area (Å²) in [6, 6.07) is 15.3. The van der Waals surface area contributed by atoms with Gasteiger partial charge < -0.3 is 4.90 Å². The van der Waals surface area contributed by atoms with E-state index in [1.54, 1.807) is 32.5 Å². The minimum absolute atomic E-state index is 0.0916. The van der Waals surface area contributed by atoms with Crippen molar-refractivity contribution in [3.63, 3.8) is 0 Å². The lowest BCUT2D eigenvalue weighted by atomic mass is 10.0. The smallest absolute Gasteiger partial charge is 0.255 e. The van der Waals surface area contributed by atoms with Crippen LogP contribution in [0.25, 0.3) is 38.6 Å². The molecule has 0 saturated carbocycles. The van der Waals surface area contributed by atoms with Crippen LogP contribution in [0.2, 0.25) is 0 Å². The molecular formula is C32H28N6O2. The second-order valence-electron chi connectivity index (χ2n) is 10.1. The number of aryl methyl sites for hydroxylation is 1. The quantitative estimate of drug-likeness (QED) is 0.190. The van der Waals surface area contributed by atoms with Gasteiger partial charge in [0.25, 0.3) is 11.5 Å². The van der Waals surface area contributed by atoms with Crippen molar-refractivity contribution in [1.82, 2.24) is 24.2 Å². The summed E-state index contributed by atoms with van der Waals surface area (Å²) in [5.74, 6) is 2.51. The van der Waals surface area contributed by atoms with E-state index in [0.29, 0.717) is 25.3 Å². The van der Waals surface area contributed by atoms with Crippen LogP contribution in [0.3, 0.4) is 0 Å². The van der Waals surface area contributed by atoms with Crippen LogP contribution in [-0.2, 0) is 18.3 Å². The predicted octanol–water partition coefficient (Wildman–Crippen LogP) is 3.95. The largest absolute Gasteiger partial charge is 0.308 e. The molecule has 1 aliphatic rings. The fourth-order valence-electron chi connectivity index (χ4n) is 5.30. The van der Waals surface area contributed by atoms with E-state index < -0.39 is 0 Å². The summed E-state index contributed by atoms with van der Waals surface area (Å²) in [6.07, 6.45) is 15.1. The molecule has 0 atom stereocenters. The molecule has 2 aromatic carbocycles. The summed E-state index contributed by atoms with van der Waals surface area (Å²) in [6.45, 7) is 1.69. The van der Waals surface area contributed by atoms with E-state index in [2.05, 4.69) is 22.1 Å². The van der Waals surface area contributed by atoms with Gasteiger partial charge in [-0.2, -0.15) is 5.10 Å². The Bertz CT molecular complexity index is 1910. The van der Waals surface area contributed by atoms with Gasteiger partial charge in [-0.05, 0) is 54.9 Å². The second kappa shape index (κ2) is 10.3. The van der Waals surface area contributed by atoms with Crippen LogP contribution in [-0.4, -0.2) is 56.8 Å².